The molecule has 1 unspecified atom stereocenters. The Hall–Kier alpha value is -4.01. The Bertz CT molecular complexity index is 970. The molecule has 1 aliphatic rings. The van der Waals surface area contributed by atoms with E-state index in [4.69, 9.17) is 5.11 Å². The van der Waals surface area contributed by atoms with Gasteiger partial charge in [0, 0.05) is 6.21 Å². The van der Waals surface area contributed by atoms with Crippen molar-refractivity contribution in [3.63, 3.8) is 0 Å². The Morgan fingerprint density at radius 3 is 2.48 bits per heavy atom. The number of rotatable bonds is 4. The van der Waals surface area contributed by atoms with Crippen LogP contribution in [0.5, 0.6) is 5.75 Å². The molecule has 0 spiro atoms. The number of phenols is 1. The summed E-state index contributed by atoms with van der Waals surface area (Å²) in [4.78, 5) is 52.5. The van der Waals surface area contributed by atoms with Gasteiger partial charge < -0.3 is 10.2 Å². The van der Waals surface area contributed by atoms with Crippen LogP contribution in [0.2, 0.25) is 0 Å². The van der Waals surface area contributed by atoms with Crippen molar-refractivity contribution in [2.75, 3.05) is 4.90 Å². The van der Waals surface area contributed by atoms with Gasteiger partial charge in [-0.3, -0.25) is 19.9 Å². The molecule has 1 saturated heterocycles. The number of para-hydroxylation sites is 1. The molecule has 2 aromatic carbocycles. The van der Waals surface area contributed by atoms with Crippen molar-refractivity contribution in [1.82, 2.24) is 5.32 Å². The number of imide groups is 2. The molecular formula is C18H13N3O6. The SMILES string of the molecule is O=C(O)c1cc(N=CC2C(=O)NC(=O)N(c3ccccc3)C2=O)ccc1O. The van der Waals surface area contributed by atoms with Gasteiger partial charge in [0.15, 0.2) is 5.92 Å². The first-order valence-electron chi connectivity index (χ1n) is 7.73. The van der Waals surface area contributed by atoms with E-state index < -0.39 is 35.5 Å². The van der Waals surface area contributed by atoms with Gasteiger partial charge in [0.05, 0.1) is 11.4 Å². The standard InChI is InChI=1S/C18H13N3O6/c22-14-7-6-10(8-12(14)17(25)26)19-9-13-15(23)20-18(27)21(16(13)24)11-4-2-1-3-5-11/h1-9,13,22H,(H,25,26)(H,20,23,27). The summed E-state index contributed by atoms with van der Waals surface area (Å²) in [5, 5.41) is 20.6. The third kappa shape index (κ3) is 3.52. The number of hydrogen-bond acceptors (Lipinski definition) is 6. The summed E-state index contributed by atoms with van der Waals surface area (Å²) < 4.78 is 0. The van der Waals surface area contributed by atoms with E-state index in [1.54, 1.807) is 30.3 Å². The maximum absolute atomic E-state index is 12.6. The summed E-state index contributed by atoms with van der Waals surface area (Å²) in [5.74, 6) is -4.77. The van der Waals surface area contributed by atoms with Crippen LogP contribution in [-0.2, 0) is 9.59 Å². The Morgan fingerprint density at radius 1 is 1.11 bits per heavy atom. The van der Waals surface area contributed by atoms with Crippen LogP contribution in [-0.4, -0.2) is 40.2 Å². The lowest BCUT2D eigenvalue weighted by Crippen LogP contribution is -2.58. The molecule has 1 atom stereocenters. The smallest absolute Gasteiger partial charge is 0.339 e. The molecule has 1 fully saturated rings. The zero-order valence-electron chi connectivity index (χ0n) is 13.7. The number of nitrogens with zero attached hydrogens (tertiary/aromatic N) is 2. The zero-order chi connectivity index (χ0) is 19.6. The summed E-state index contributed by atoms with van der Waals surface area (Å²) in [5.41, 5.74) is 0.0443. The first-order chi connectivity index (χ1) is 12.9. The minimum absolute atomic E-state index is 0.119. The highest BCUT2D eigenvalue weighted by atomic mass is 16.4. The minimum Gasteiger partial charge on any atom is -0.507 e. The largest absolute Gasteiger partial charge is 0.507 e. The van der Waals surface area contributed by atoms with Crippen LogP contribution in [0.15, 0.2) is 53.5 Å². The fourth-order valence-corrected chi connectivity index (χ4v) is 2.48. The number of benzene rings is 2. The van der Waals surface area contributed by atoms with Crippen molar-refractivity contribution >= 4 is 41.4 Å². The van der Waals surface area contributed by atoms with E-state index in [2.05, 4.69) is 10.3 Å². The van der Waals surface area contributed by atoms with E-state index in [9.17, 15) is 24.3 Å². The Morgan fingerprint density at radius 2 is 1.81 bits per heavy atom. The highest BCUT2D eigenvalue weighted by Gasteiger charge is 2.40. The van der Waals surface area contributed by atoms with Crippen LogP contribution < -0.4 is 10.2 Å². The number of nitrogens with one attached hydrogen (secondary N) is 1. The lowest BCUT2D eigenvalue weighted by molar-refractivity contribution is -0.131. The summed E-state index contributed by atoms with van der Waals surface area (Å²) in [6.45, 7) is 0. The molecule has 0 radical (unpaired) electrons. The van der Waals surface area contributed by atoms with Gasteiger partial charge in [-0.25, -0.2) is 14.5 Å². The predicted molar refractivity (Wildman–Crippen MR) is 94.2 cm³/mol. The molecule has 0 bridgehead atoms. The average Bonchev–Trinajstić information content (AvgIpc) is 2.63. The summed E-state index contributed by atoms with van der Waals surface area (Å²) in [7, 11) is 0. The quantitative estimate of drug-likeness (QED) is 0.556. The molecule has 136 valence electrons. The number of aromatic hydroxyl groups is 1. The number of barbiturate groups is 1. The summed E-state index contributed by atoms with van der Waals surface area (Å²) in [6, 6.07) is 10.8. The Kier molecular flexibility index (Phi) is 4.67. The highest BCUT2D eigenvalue weighted by molar-refractivity contribution is 6.32. The van der Waals surface area contributed by atoms with Gasteiger partial charge in [-0.1, -0.05) is 18.2 Å². The Labute approximate surface area is 152 Å². The molecule has 9 nitrogen and oxygen atoms in total. The predicted octanol–water partition coefficient (Wildman–Crippen LogP) is 1.69. The fourth-order valence-electron chi connectivity index (χ4n) is 2.48. The summed E-state index contributed by atoms with van der Waals surface area (Å²) in [6.07, 6.45) is 1.03. The molecule has 4 amide bonds. The molecule has 3 rings (SSSR count). The normalized spacial score (nSPS) is 17.3. The number of anilines is 1. The second-order valence-electron chi connectivity index (χ2n) is 5.57. The first kappa shape index (κ1) is 17.8. The maximum Gasteiger partial charge on any atom is 0.339 e. The molecule has 0 aliphatic carbocycles. The summed E-state index contributed by atoms with van der Waals surface area (Å²) >= 11 is 0. The van der Waals surface area contributed by atoms with Crippen molar-refractivity contribution in [2.24, 2.45) is 10.9 Å². The molecule has 9 heteroatoms. The van der Waals surface area contributed by atoms with Crippen LogP contribution in [0, 0.1) is 5.92 Å². The van der Waals surface area contributed by atoms with Crippen molar-refractivity contribution in [2.45, 2.75) is 0 Å². The lowest BCUT2D eigenvalue weighted by Gasteiger charge is -2.28. The van der Waals surface area contributed by atoms with Crippen molar-refractivity contribution in [1.29, 1.82) is 0 Å². The monoisotopic (exact) mass is 367 g/mol. The lowest BCUT2D eigenvalue weighted by atomic mass is 10.1. The number of aliphatic imine (C=N–C) groups is 1. The number of carboxylic acids is 1. The van der Waals surface area contributed by atoms with E-state index in [1.807, 2.05) is 0 Å². The topological polar surface area (TPSA) is 136 Å². The fraction of sp³-hybridized carbons (Fsp3) is 0.0556. The van der Waals surface area contributed by atoms with Gasteiger partial charge in [0.1, 0.15) is 11.3 Å². The average molecular weight is 367 g/mol. The van der Waals surface area contributed by atoms with Gasteiger partial charge in [0.2, 0.25) is 5.91 Å². The second kappa shape index (κ2) is 7.08. The van der Waals surface area contributed by atoms with Crippen LogP contribution in [0.1, 0.15) is 10.4 Å². The number of carbonyl (C=O) groups is 4. The molecule has 1 aliphatic heterocycles. The Balaban J connectivity index is 1.89. The maximum atomic E-state index is 12.6. The molecule has 0 aromatic heterocycles. The number of aromatic carboxylic acids is 1. The van der Waals surface area contributed by atoms with Gasteiger partial charge in [-0.05, 0) is 30.3 Å². The molecule has 27 heavy (non-hydrogen) atoms. The number of urea groups is 1. The third-order valence-electron chi connectivity index (χ3n) is 3.80. The second-order valence-corrected chi connectivity index (χ2v) is 5.57. The zero-order valence-corrected chi connectivity index (χ0v) is 13.7. The molecule has 2 aromatic rings. The van der Waals surface area contributed by atoms with Gasteiger partial charge in [-0.2, -0.15) is 0 Å². The number of carbonyl (C=O) groups excluding carboxylic acids is 3. The van der Waals surface area contributed by atoms with E-state index in [0.717, 1.165) is 23.2 Å². The van der Waals surface area contributed by atoms with Crippen LogP contribution in [0.3, 0.4) is 0 Å². The molecule has 3 N–H and O–H groups in total. The van der Waals surface area contributed by atoms with Crippen molar-refractivity contribution in [3.05, 3.63) is 54.1 Å². The van der Waals surface area contributed by atoms with Gasteiger partial charge in [-0.15, -0.1) is 0 Å². The highest BCUT2D eigenvalue weighted by Crippen LogP contribution is 2.24. The van der Waals surface area contributed by atoms with Crippen LogP contribution in [0.25, 0.3) is 0 Å². The van der Waals surface area contributed by atoms with E-state index >= 15 is 0 Å². The third-order valence-corrected chi connectivity index (χ3v) is 3.80. The molecule has 1 heterocycles. The van der Waals surface area contributed by atoms with Crippen LogP contribution in [0.4, 0.5) is 16.2 Å². The number of hydrogen-bond donors (Lipinski definition) is 3. The van der Waals surface area contributed by atoms with Crippen molar-refractivity contribution in [3.8, 4) is 5.75 Å². The van der Waals surface area contributed by atoms with Crippen LogP contribution >= 0.6 is 0 Å². The van der Waals surface area contributed by atoms with E-state index in [1.165, 1.54) is 6.07 Å². The van der Waals surface area contributed by atoms with Gasteiger partial charge >= 0.3 is 12.0 Å². The van der Waals surface area contributed by atoms with E-state index in [-0.39, 0.29) is 11.3 Å². The minimum atomic E-state index is -1.37. The number of amides is 4. The molecule has 0 saturated carbocycles. The molecular weight excluding hydrogens is 354 g/mol. The first-order valence-corrected chi connectivity index (χ1v) is 7.73. The van der Waals surface area contributed by atoms with E-state index in [0.29, 0.717) is 5.69 Å². The van der Waals surface area contributed by atoms with Gasteiger partial charge in [0.25, 0.3) is 5.91 Å². The number of carboxylic acid groups (broad SMARTS) is 1. The van der Waals surface area contributed by atoms with Crippen molar-refractivity contribution < 1.29 is 29.4 Å².